The van der Waals surface area contributed by atoms with Crippen molar-refractivity contribution in [3.05, 3.63) is 51.6 Å². The number of hydrogen-bond acceptors (Lipinski definition) is 3. The minimum atomic E-state index is -0.697. The highest BCUT2D eigenvalue weighted by Crippen LogP contribution is 2.30. The molecule has 0 saturated carbocycles. The number of aromatic nitrogens is 2. The molecule has 1 aromatic carbocycles. The van der Waals surface area contributed by atoms with Crippen LogP contribution < -0.4 is 0 Å². The zero-order valence-electron chi connectivity index (χ0n) is 13.7. The number of nitrogens with zero attached hydrogens (tertiary/aromatic N) is 3. The van der Waals surface area contributed by atoms with Crippen molar-refractivity contribution in [2.24, 2.45) is 7.05 Å². The van der Waals surface area contributed by atoms with E-state index in [1.165, 1.54) is 14.2 Å². The standard InChI is InChI=1S/C16H19ClFN3O2/c1-9-6-7-12(13(17)8-9)11(3)21(23-5)16(22)14-10(2)19-20(4)15(14)18/h6-8,11H,1-5H3. The van der Waals surface area contributed by atoms with Gasteiger partial charge in [-0.15, -0.1) is 0 Å². The molecule has 0 saturated heterocycles. The molecule has 0 aliphatic rings. The number of carbonyl (C=O) groups is 1. The van der Waals surface area contributed by atoms with Gasteiger partial charge in [0.05, 0.1) is 18.8 Å². The molecule has 0 fully saturated rings. The number of hydroxylamine groups is 2. The minimum Gasteiger partial charge on any atom is -0.273 e. The average molecular weight is 340 g/mol. The van der Waals surface area contributed by atoms with E-state index < -0.39 is 17.9 Å². The summed E-state index contributed by atoms with van der Waals surface area (Å²) in [4.78, 5) is 17.9. The van der Waals surface area contributed by atoms with Gasteiger partial charge in [0.1, 0.15) is 5.56 Å². The van der Waals surface area contributed by atoms with Gasteiger partial charge in [0.15, 0.2) is 0 Å². The van der Waals surface area contributed by atoms with Crippen LogP contribution in [0.4, 0.5) is 4.39 Å². The summed E-state index contributed by atoms with van der Waals surface area (Å²) in [5.41, 5.74) is 1.92. The number of carbonyl (C=O) groups excluding carboxylic acids is 1. The highest BCUT2D eigenvalue weighted by molar-refractivity contribution is 6.31. The molecule has 1 atom stereocenters. The maximum absolute atomic E-state index is 14.1. The first-order valence-electron chi connectivity index (χ1n) is 7.10. The van der Waals surface area contributed by atoms with Gasteiger partial charge in [0, 0.05) is 12.1 Å². The third-order valence-corrected chi connectivity index (χ3v) is 4.05. The summed E-state index contributed by atoms with van der Waals surface area (Å²) in [6.45, 7) is 5.27. The van der Waals surface area contributed by atoms with Gasteiger partial charge in [-0.05, 0) is 38.0 Å². The Balaban J connectivity index is 2.40. The van der Waals surface area contributed by atoms with Crippen LogP contribution in [0.25, 0.3) is 0 Å². The fourth-order valence-electron chi connectivity index (χ4n) is 2.50. The van der Waals surface area contributed by atoms with Crippen LogP contribution >= 0.6 is 11.6 Å². The lowest BCUT2D eigenvalue weighted by Gasteiger charge is -2.27. The second-order valence-electron chi connectivity index (χ2n) is 5.39. The Morgan fingerprint density at radius 3 is 2.57 bits per heavy atom. The second kappa shape index (κ2) is 6.68. The van der Waals surface area contributed by atoms with Crippen LogP contribution in [0.3, 0.4) is 0 Å². The Morgan fingerprint density at radius 2 is 2.09 bits per heavy atom. The molecule has 7 heteroatoms. The molecule has 1 aromatic heterocycles. The molecule has 0 spiro atoms. The number of rotatable bonds is 4. The highest BCUT2D eigenvalue weighted by Gasteiger charge is 2.30. The van der Waals surface area contributed by atoms with Gasteiger partial charge in [0.25, 0.3) is 5.91 Å². The number of aryl methyl sites for hydroxylation is 3. The number of amides is 1. The van der Waals surface area contributed by atoms with Gasteiger partial charge < -0.3 is 0 Å². The maximum atomic E-state index is 14.1. The summed E-state index contributed by atoms with van der Waals surface area (Å²) in [5.74, 6) is -1.29. The van der Waals surface area contributed by atoms with Crippen molar-refractivity contribution in [1.82, 2.24) is 14.8 Å². The van der Waals surface area contributed by atoms with Crippen LogP contribution in [0.5, 0.6) is 0 Å². The van der Waals surface area contributed by atoms with Gasteiger partial charge in [-0.1, -0.05) is 23.7 Å². The summed E-state index contributed by atoms with van der Waals surface area (Å²) >= 11 is 6.26. The molecule has 2 rings (SSSR count). The third-order valence-electron chi connectivity index (χ3n) is 3.72. The average Bonchev–Trinajstić information content (AvgIpc) is 2.72. The SMILES string of the molecule is CON(C(=O)c1c(C)nn(C)c1F)C(C)c1ccc(C)cc1Cl. The minimum absolute atomic E-state index is 0.107. The molecule has 2 aromatic rings. The molecule has 23 heavy (non-hydrogen) atoms. The van der Waals surface area contributed by atoms with E-state index in [1.807, 2.05) is 25.1 Å². The van der Waals surface area contributed by atoms with Gasteiger partial charge in [-0.3, -0.25) is 9.63 Å². The molecule has 1 amide bonds. The molecule has 124 valence electrons. The van der Waals surface area contributed by atoms with Crippen LogP contribution in [-0.2, 0) is 11.9 Å². The highest BCUT2D eigenvalue weighted by atomic mass is 35.5. The molecular weight excluding hydrogens is 321 g/mol. The molecular formula is C16H19ClFN3O2. The summed E-state index contributed by atoms with van der Waals surface area (Å²) in [6.07, 6.45) is 0. The van der Waals surface area contributed by atoms with Crippen molar-refractivity contribution in [1.29, 1.82) is 0 Å². The van der Waals surface area contributed by atoms with Crippen LogP contribution in [0.1, 0.15) is 40.1 Å². The van der Waals surface area contributed by atoms with Gasteiger partial charge in [-0.25, -0.2) is 9.75 Å². The van der Waals surface area contributed by atoms with Crippen LogP contribution in [0.2, 0.25) is 5.02 Å². The summed E-state index contributed by atoms with van der Waals surface area (Å²) in [6, 6.07) is 5.04. The lowest BCUT2D eigenvalue weighted by atomic mass is 10.1. The monoisotopic (exact) mass is 339 g/mol. The second-order valence-corrected chi connectivity index (χ2v) is 5.80. The first-order chi connectivity index (χ1) is 10.8. The molecule has 1 heterocycles. The van der Waals surface area contributed by atoms with Crippen molar-refractivity contribution < 1.29 is 14.0 Å². The van der Waals surface area contributed by atoms with E-state index in [0.29, 0.717) is 10.7 Å². The Bertz CT molecular complexity index is 745. The normalized spacial score (nSPS) is 12.3. The zero-order chi connectivity index (χ0) is 17.3. The van der Waals surface area contributed by atoms with Crippen LogP contribution in [0, 0.1) is 19.8 Å². The lowest BCUT2D eigenvalue weighted by Crippen LogP contribution is -2.33. The van der Waals surface area contributed by atoms with Crippen LogP contribution in [-0.4, -0.2) is 27.9 Å². The molecule has 0 radical (unpaired) electrons. The third kappa shape index (κ3) is 3.23. The lowest BCUT2D eigenvalue weighted by molar-refractivity contribution is -0.121. The largest absolute Gasteiger partial charge is 0.284 e. The Kier molecular flexibility index (Phi) is 5.06. The predicted molar refractivity (Wildman–Crippen MR) is 85.7 cm³/mol. The number of benzene rings is 1. The molecule has 0 aliphatic carbocycles. The summed E-state index contributed by atoms with van der Waals surface area (Å²) in [5, 5.41) is 5.55. The number of hydrogen-bond donors (Lipinski definition) is 0. The van der Waals surface area contributed by atoms with E-state index in [1.54, 1.807) is 13.8 Å². The van der Waals surface area contributed by atoms with Crippen molar-refractivity contribution in [3.8, 4) is 0 Å². The van der Waals surface area contributed by atoms with Crippen LogP contribution in [0.15, 0.2) is 18.2 Å². The van der Waals surface area contributed by atoms with E-state index >= 15 is 0 Å². The zero-order valence-corrected chi connectivity index (χ0v) is 14.5. The quantitative estimate of drug-likeness (QED) is 0.800. The predicted octanol–water partition coefficient (Wildman–Crippen LogP) is 3.59. The molecule has 0 aliphatic heterocycles. The maximum Gasteiger partial charge on any atom is 0.284 e. The Hall–Kier alpha value is -1.92. The van der Waals surface area contributed by atoms with Crippen molar-refractivity contribution >= 4 is 17.5 Å². The fraction of sp³-hybridized carbons (Fsp3) is 0.375. The van der Waals surface area contributed by atoms with Crippen molar-refractivity contribution in [2.75, 3.05) is 7.11 Å². The molecule has 1 unspecified atom stereocenters. The smallest absolute Gasteiger partial charge is 0.273 e. The number of halogens is 2. The Morgan fingerprint density at radius 1 is 1.43 bits per heavy atom. The Labute approximate surface area is 139 Å². The molecule has 0 bridgehead atoms. The van der Waals surface area contributed by atoms with E-state index in [0.717, 1.165) is 20.9 Å². The van der Waals surface area contributed by atoms with E-state index in [4.69, 9.17) is 16.4 Å². The fourth-order valence-corrected chi connectivity index (χ4v) is 2.89. The molecule has 0 N–H and O–H groups in total. The van der Waals surface area contributed by atoms with Gasteiger partial charge >= 0.3 is 0 Å². The van der Waals surface area contributed by atoms with Crippen molar-refractivity contribution in [3.63, 3.8) is 0 Å². The summed E-state index contributed by atoms with van der Waals surface area (Å²) in [7, 11) is 2.80. The van der Waals surface area contributed by atoms with Crippen molar-refractivity contribution in [2.45, 2.75) is 26.8 Å². The first-order valence-corrected chi connectivity index (χ1v) is 7.48. The van der Waals surface area contributed by atoms with E-state index in [-0.39, 0.29) is 5.56 Å². The first kappa shape index (κ1) is 17.4. The van der Waals surface area contributed by atoms with Gasteiger partial charge in [-0.2, -0.15) is 9.49 Å². The van der Waals surface area contributed by atoms with E-state index in [2.05, 4.69) is 5.10 Å². The van der Waals surface area contributed by atoms with Gasteiger partial charge in [0.2, 0.25) is 5.95 Å². The summed E-state index contributed by atoms with van der Waals surface area (Å²) < 4.78 is 15.2. The topological polar surface area (TPSA) is 47.4 Å². The van der Waals surface area contributed by atoms with E-state index in [9.17, 15) is 9.18 Å². The molecule has 5 nitrogen and oxygen atoms in total.